The molecule has 0 saturated heterocycles. The zero-order chi connectivity index (χ0) is 6.85. The average molecular weight is 126 g/mol. The van der Waals surface area contributed by atoms with Gasteiger partial charge in [0.25, 0.3) is 0 Å². The molecule has 4 nitrogen and oxygen atoms in total. The van der Waals surface area contributed by atoms with Crippen molar-refractivity contribution < 1.29 is 0 Å². The van der Waals surface area contributed by atoms with E-state index in [4.69, 9.17) is 5.73 Å². The fourth-order valence-corrected chi connectivity index (χ4v) is 0.717. The van der Waals surface area contributed by atoms with Gasteiger partial charge in [-0.15, -0.1) is 0 Å². The number of hydrogen-bond acceptors (Lipinski definition) is 3. The van der Waals surface area contributed by atoms with Crippen molar-refractivity contribution in [2.24, 2.45) is 12.8 Å². The number of rotatable bonds is 1. The predicted octanol–water partition coefficient (Wildman–Crippen LogP) is -0.165. The molecule has 1 rings (SSSR count). The van der Waals surface area contributed by atoms with E-state index in [1.165, 1.54) is 6.33 Å². The number of aryl methyl sites for hydroxylation is 1. The molecule has 0 aliphatic carbocycles. The normalized spacial score (nSPS) is 13.7. The number of hydrogen-bond donors (Lipinski definition) is 1. The van der Waals surface area contributed by atoms with Crippen molar-refractivity contribution in [1.29, 1.82) is 0 Å². The molecular formula is C5H10N4. The Morgan fingerprint density at radius 2 is 2.44 bits per heavy atom. The molecule has 9 heavy (non-hydrogen) atoms. The lowest BCUT2D eigenvalue weighted by Gasteiger charge is -2.01. The van der Waals surface area contributed by atoms with Crippen LogP contribution >= 0.6 is 0 Å². The van der Waals surface area contributed by atoms with Crippen LogP contribution < -0.4 is 5.73 Å². The summed E-state index contributed by atoms with van der Waals surface area (Å²) < 4.78 is 1.67. The van der Waals surface area contributed by atoms with E-state index in [0.717, 1.165) is 5.82 Å². The third kappa shape index (κ3) is 1.08. The molecule has 50 valence electrons. The lowest BCUT2D eigenvalue weighted by molar-refractivity contribution is 0.639. The van der Waals surface area contributed by atoms with Crippen molar-refractivity contribution in [2.45, 2.75) is 13.0 Å². The van der Waals surface area contributed by atoms with E-state index in [0.29, 0.717) is 0 Å². The van der Waals surface area contributed by atoms with Gasteiger partial charge in [-0.3, -0.25) is 4.68 Å². The molecule has 1 atom stereocenters. The highest BCUT2D eigenvalue weighted by molar-refractivity contribution is 4.88. The standard InChI is InChI=1S/C5H10N4/c1-4(6)5-7-3-8-9(5)2/h3-4H,6H2,1-2H3/t4-/m1/s1. The van der Waals surface area contributed by atoms with Crippen molar-refractivity contribution in [1.82, 2.24) is 14.8 Å². The zero-order valence-corrected chi connectivity index (χ0v) is 5.57. The van der Waals surface area contributed by atoms with Crippen LogP contribution in [0.1, 0.15) is 18.8 Å². The van der Waals surface area contributed by atoms with Crippen LogP contribution in [-0.4, -0.2) is 14.8 Å². The number of aromatic nitrogens is 3. The van der Waals surface area contributed by atoms with Crippen molar-refractivity contribution in [3.05, 3.63) is 12.2 Å². The second kappa shape index (κ2) is 2.14. The van der Waals surface area contributed by atoms with E-state index in [1.807, 2.05) is 14.0 Å². The molecule has 1 aromatic rings. The first-order valence-corrected chi connectivity index (χ1v) is 2.81. The first-order valence-electron chi connectivity index (χ1n) is 2.81. The molecule has 0 aliphatic heterocycles. The molecular weight excluding hydrogens is 116 g/mol. The monoisotopic (exact) mass is 126 g/mol. The molecule has 0 saturated carbocycles. The Balaban J connectivity index is 2.94. The molecule has 0 unspecified atom stereocenters. The summed E-state index contributed by atoms with van der Waals surface area (Å²) in [5, 5.41) is 3.86. The minimum absolute atomic E-state index is 0.0301. The minimum Gasteiger partial charge on any atom is -0.322 e. The topological polar surface area (TPSA) is 56.7 Å². The summed E-state index contributed by atoms with van der Waals surface area (Å²) >= 11 is 0. The van der Waals surface area contributed by atoms with Gasteiger partial charge in [-0.25, -0.2) is 4.98 Å². The zero-order valence-electron chi connectivity index (χ0n) is 5.57. The van der Waals surface area contributed by atoms with Crippen LogP contribution in [0.4, 0.5) is 0 Å². The quantitative estimate of drug-likeness (QED) is 0.568. The Morgan fingerprint density at radius 3 is 2.67 bits per heavy atom. The Hall–Kier alpha value is -0.900. The van der Waals surface area contributed by atoms with Crippen LogP contribution in [0.25, 0.3) is 0 Å². The molecule has 2 N–H and O–H groups in total. The van der Waals surface area contributed by atoms with Crippen molar-refractivity contribution in [3.63, 3.8) is 0 Å². The van der Waals surface area contributed by atoms with Gasteiger partial charge in [-0.2, -0.15) is 5.10 Å². The van der Waals surface area contributed by atoms with E-state index in [1.54, 1.807) is 4.68 Å². The van der Waals surface area contributed by atoms with Crippen molar-refractivity contribution >= 4 is 0 Å². The van der Waals surface area contributed by atoms with E-state index in [-0.39, 0.29) is 6.04 Å². The molecule has 0 radical (unpaired) electrons. The molecule has 4 heteroatoms. The summed E-state index contributed by atoms with van der Waals surface area (Å²) in [6.45, 7) is 1.88. The summed E-state index contributed by atoms with van der Waals surface area (Å²) in [5.41, 5.74) is 5.54. The van der Waals surface area contributed by atoms with Gasteiger partial charge in [0.15, 0.2) is 0 Å². The highest BCUT2D eigenvalue weighted by Crippen LogP contribution is 2.00. The molecule has 0 bridgehead atoms. The summed E-state index contributed by atoms with van der Waals surface area (Å²) in [6, 6.07) is -0.0301. The molecule has 0 aromatic carbocycles. The van der Waals surface area contributed by atoms with Gasteiger partial charge < -0.3 is 5.73 Å². The van der Waals surface area contributed by atoms with E-state index in [9.17, 15) is 0 Å². The van der Waals surface area contributed by atoms with Gasteiger partial charge in [0, 0.05) is 7.05 Å². The van der Waals surface area contributed by atoms with Crippen LogP contribution in [0.15, 0.2) is 6.33 Å². The van der Waals surface area contributed by atoms with Gasteiger partial charge in [0.1, 0.15) is 12.2 Å². The third-order valence-corrected chi connectivity index (χ3v) is 1.15. The number of nitrogens with zero attached hydrogens (tertiary/aromatic N) is 3. The van der Waals surface area contributed by atoms with Gasteiger partial charge in [0.2, 0.25) is 0 Å². The van der Waals surface area contributed by atoms with Crippen LogP contribution in [0.5, 0.6) is 0 Å². The van der Waals surface area contributed by atoms with E-state index in [2.05, 4.69) is 10.1 Å². The summed E-state index contributed by atoms with van der Waals surface area (Å²) in [6.07, 6.45) is 1.50. The highest BCUT2D eigenvalue weighted by atomic mass is 15.3. The Morgan fingerprint density at radius 1 is 1.78 bits per heavy atom. The summed E-state index contributed by atoms with van der Waals surface area (Å²) in [7, 11) is 1.83. The molecule has 1 aromatic heterocycles. The molecule has 0 amide bonds. The third-order valence-electron chi connectivity index (χ3n) is 1.15. The van der Waals surface area contributed by atoms with E-state index >= 15 is 0 Å². The lowest BCUT2D eigenvalue weighted by Crippen LogP contribution is -2.11. The Kier molecular flexibility index (Phi) is 1.48. The summed E-state index contributed by atoms with van der Waals surface area (Å²) in [4.78, 5) is 3.94. The van der Waals surface area contributed by atoms with Crippen LogP contribution in [0.3, 0.4) is 0 Å². The van der Waals surface area contributed by atoms with Crippen LogP contribution in [0.2, 0.25) is 0 Å². The molecule has 0 spiro atoms. The van der Waals surface area contributed by atoms with Gasteiger partial charge in [0.05, 0.1) is 6.04 Å². The van der Waals surface area contributed by atoms with E-state index < -0.39 is 0 Å². The van der Waals surface area contributed by atoms with Crippen LogP contribution in [-0.2, 0) is 7.05 Å². The highest BCUT2D eigenvalue weighted by Gasteiger charge is 2.03. The summed E-state index contributed by atoms with van der Waals surface area (Å²) in [5.74, 6) is 0.815. The SMILES string of the molecule is C[C@@H](N)c1ncnn1C. The maximum Gasteiger partial charge on any atom is 0.143 e. The van der Waals surface area contributed by atoms with Gasteiger partial charge in [-0.1, -0.05) is 0 Å². The smallest absolute Gasteiger partial charge is 0.143 e. The van der Waals surface area contributed by atoms with Gasteiger partial charge in [-0.05, 0) is 6.92 Å². The molecule has 0 fully saturated rings. The lowest BCUT2D eigenvalue weighted by atomic mass is 10.3. The fraction of sp³-hybridized carbons (Fsp3) is 0.600. The predicted molar refractivity (Wildman–Crippen MR) is 33.6 cm³/mol. The minimum atomic E-state index is -0.0301. The van der Waals surface area contributed by atoms with Crippen molar-refractivity contribution in [3.8, 4) is 0 Å². The Labute approximate surface area is 53.7 Å². The van der Waals surface area contributed by atoms with Gasteiger partial charge >= 0.3 is 0 Å². The Bertz CT molecular complexity index is 191. The first kappa shape index (κ1) is 6.22. The molecule has 0 aliphatic rings. The average Bonchev–Trinajstić information content (AvgIpc) is 2.13. The second-order valence-electron chi connectivity index (χ2n) is 2.03. The van der Waals surface area contributed by atoms with Crippen LogP contribution in [0, 0.1) is 0 Å². The first-order chi connectivity index (χ1) is 4.22. The largest absolute Gasteiger partial charge is 0.322 e. The fourth-order valence-electron chi connectivity index (χ4n) is 0.717. The maximum atomic E-state index is 5.54. The molecule has 1 heterocycles. The number of nitrogens with two attached hydrogens (primary N) is 1. The van der Waals surface area contributed by atoms with Crippen molar-refractivity contribution in [2.75, 3.05) is 0 Å². The second-order valence-corrected chi connectivity index (χ2v) is 2.03. The maximum absolute atomic E-state index is 5.54.